The molecule has 1 unspecified atom stereocenters. The average molecular weight is 367 g/mol. The van der Waals surface area contributed by atoms with Gasteiger partial charge in [-0.05, 0) is 30.7 Å². The molecule has 0 amide bonds. The van der Waals surface area contributed by atoms with E-state index in [-0.39, 0.29) is 0 Å². The minimum absolute atomic E-state index is 0.410. The molecule has 27 heavy (non-hydrogen) atoms. The highest BCUT2D eigenvalue weighted by molar-refractivity contribution is 5.87. The van der Waals surface area contributed by atoms with Crippen molar-refractivity contribution in [2.45, 2.75) is 24.9 Å². The van der Waals surface area contributed by atoms with Crippen LogP contribution in [-0.2, 0) is 4.79 Å². The van der Waals surface area contributed by atoms with Gasteiger partial charge in [0.25, 0.3) is 0 Å². The topological polar surface area (TPSA) is 120 Å². The Morgan fingerprint density at radius 1 is 1.30 bits per heavy atom. The SMILES string of the molecule is CN(c1ncnc2[nH]ccc12)[C@H]1C[C@@H]2CN(C(C=O)c3nn[nH]n3)C[C@@H]2C1. The Morgan fingerprint density at radius 3 is 2.81 bits per heavy atom. The second-order valence-corrected chi connectivity index (χ2v) is 7.50. The van der Waals surface area contributed by atoms with Crippen molar-refractivity contribution < 1.29 is 4.79 Å². The van der Waals surface area contributed by atoms with Crippen molar-refractivity contribution in [1.29, 1.82) is 0 Å². The number of hydrogen-bond donors (Lipinski definition) is 2. The monoisotopic (exact) mass is 367 g/mol. The molecule has 3 aromatic rings. The highest BCUT2D eigenvalue weighted by Gasteiger charge is 2.45. The Morgan fingerprint density at radius 2 is 2.11 bits per heavy atom. The van der Waals surface area contributed by atoms with Crippen molar-refractivity contribution in [3.63, 3.8) is 0 Å². The van der Waals surface area contributed by atoms with Gasteiger partial charge >= 0.3 is 0 Å². The van der Waals surface area contributed by atoms with E-state index < -0.39 is 6.04 Å². The van der Waals surface area contributed by atoms with Crippen molar-refractivity contribution in [2.24, 2.45) is 11.8 Å². The second-order valence-electron chi connectivity index (χ2n) is 7.50. The van der Waals surface area contributed by atoms with E-state index in [1.54, 1.807) is 6.33 Å². The zero-order valence-electron chi connectivity index (χ0n) is 15.0. The van der Waals surface area contributed by atoms with Crippen LogP contribution >= 0.6 is 0 Å². The quantitative estimate of drug-likeness (QED) is 0.628. The third-order valence-electron chi connectivity index (χ3n) is 6.12. The minimum atomic E-state index is -0.410. The van der Waals surface area contributed by atoms with E-state index in [1.165, 1.54) is 0 Å². The summed E-state index contributed by atoms with van der Waals surface area (Å²) in [4.78, 5) is 28.0. The lowest BCUT2D eigenvalue weighted by atomic mass is 10.0. The summed E-state index contributed by atoms with van der Waals surface area (Å²) in [5.41, 5.74) is 0.866. The fourth-order valence-electron chi connectivity index (χ4n) is 4.77. The predicted molar refractivity (Wildman–Crippen MR) is 96.8 cm³/mol. The minimum Gasteiger partial charge on any atom is -0.356 e. The zero-order valence-corrected chi connectivity index (χ0v) is 15.0. The molecular weight excluding hydrogens is 346 g/mol. The predicted octanol–water partition coefficient (Wildman–Crippen LogP) is 0.558. The number of rotatable bonds is 5. The first kappa shape index (κ1) is 16.3. The molecule has 4 atom stereocenters. The first-order valence-electron chi connectivity index (χ1n) is 9.18. The van der Waals surface area contributed by atoms with Crippen LogP contribution in [0.1, 0.15) is 24.7 Å². The van der Waals surface area contributed by atoms with Gasteiger partial charge in [-0.15, -0.1) is 10.2 Å². The molecule has 1 aliphatic carbocycles. The molecule has 0 radical (unpaired) electrons. The molecule has 0 spiro atoms. The summed E-state index contributed by atoms with van der Waals surface area (Å²) in [6.07, 6.45) is 6.60. The number of nitrogens with one attached hydrogen (secondary N) is 2. The molecule has 0 aromatic carbocycles. The summed E-state index contributed by atoms with van der Waals surface area (Å²) in [5.74, 6) is 2.56. The molecule has 4 heterocycles. The van der Waals surface area contributed by atoms with Gasteiger partial charge < -0.3 is 14.7 Å². The molecule has 10 heteroatoms. The standard InChI is InChI=1S/C17H21N9O/c1-25(17-13-2-3-18-15(13)19-9-20-17)12-4-10-6-26(7-11(10)5-12)14(8-27)16-21-23-24-22-16/h2-3,8-12,14H,4-7H2,1H3,(H,18,19,20)(H,21,22,23,24)/t10-,11+,12+,14?. The summed E-state index contributed by atoms with van der Waals surface area (Å²) in [7, 11) is 2.12. The van der Waals surface area contributed by atoms with E-state index in [0.717, 1.165) is 49.1 Å². The normalized spacial score (nSPS) is 26.3. The summed E-state index contributed by atoms with van der Waals surface area (Å²) < 4.78 is 0. The number of nitrogens with zero attached hydrogens (tertiary/aromatic N) is 7. The van der Waals surface area contributed by atoms with Gasteiger partial charge in [-0.25, -0.2) is 9.97 Å². The lowest BCUT2D eigenvalue weighted by Gasteiger charge is -2.28. The molecule has 2 aliphatic rings. The van der Waals surface area contributed by atoms with E-state index in [1.807, 2.05) is 12.3 Å². The maximum atomic E-state index is 11.6. The smallest absolute Gasteiger partial charge is 0.198 e. The van der Waals surface area contributed by atoms with Gasteiger partial charge in [-0.3, -0.25) is 4.90 Å². The molecule has 2 N–H and O–H groups in total. The summed E-state index contributed by atoms with van der Waals surface area (Å²) in [5, 5.41) is 15.0. The Kier molecular flexibility index (Phi) is 3.85. The van der Waals surface area contributed by atoms with Crippen molar-refractivity contribution in [1.82, 2.24) is 40.5 Å². The summed E-state index contributed by atoms with van der Waals surface area (Å²) in [6.45, 7) is 1.77. The molecule has 0 bridgehead atoms. The first-order chi connectivity index (χ1) is 13.2. The zero-order chi connectivity index (χ0) is 18.4. The Labute approximate surface area is 155 Å². The van der Waals surface area contributed by atoms with E-state index in [2.05, 4.69) is 52.4 Å². The molecule has 3 aromatic heterocycles. The first-order valence-corrected chi connectivity index (χ1v) is 9.18. The Balaban J connectivity index is 1.30. The van der Waals surface area contributed by atoms with Crippen molar-refractivity contribution in [3.05, 3.63) is 24.4 Å². The summed E-state index contributed by atoms with van der Waals surface area (Å²) in [6, 6.07) is 2.06. The van der Waals surface area contributed by atoms with Crippen molar-refractivity contribution in [3.8, 4) is 0 Å². The third kappa shape index (κ3) is 2.67. The number of aromatic nitrogens is 7. The molecule has 5 rings (SSSR count). The van der Waals surface area contributed by atoms with Crippen LogP contribution in [0.3, 0.4) is 0 Å². The number of carbonyl (C=O) groups is 1. The number of aromatic amines is 2. The van der Waals surface area contributed by atoms with Gasteiger partial charge in [0.1, 0.15) is 30.1 Å². The number of anilines is 1. The molecule has 2 fully saturated rings. The lowest BCUT2D eigenvalue weighted by Crippen LogP contribution is -2.34. The van der Waals surface area contributed by atoms with Gasteiger partial charge in [-0.1, -0.05) is 5.21 Å². The third-order valence-corrected chi connectivity index (χ3v) is 6.12. The number of tetrazole rings is 1. The van der Waals surface area contributed by atoms with Crippen LogP contribution < -0.4 is 4.90 Å². The van der Waals surface area contributed by atoms with Gasteiger partial charge in [0, 0.05) is 32.4 Å². The average Bonchev–Trinajstić information content (AvgIpc) is 3.44. The number of hydrogen-bond acceptors (Lipinski definition) is 8. The van der Waals surface area contributed by atoms with Crippen molar-refractivity contribution in [2.75, 3.05) is 25.0 Å². The fraction of sp³-hybridized carbons (Fsp3) is 0.529. The highest BCUT2D eigenvalue weighted by Crippen LogP contribution is 2.43. The van der Waals surface area contributed by atoms with Crippen molar-refractivity contribution >= 4 is 23.1 Å². The number of fused-ring (bicyclic) bond motifs is 2. The summed E-state index contributed by atoms with van der Waals surface area (Å²) >= 11 is 0. The lowest BCUT2D eigenvalue weighted by molar-refractivity contribution is -0.112. The van der Waals surface area contributed by atoms with E-state index in [4.69, 9.17) is 0 Å². The molecular formula is C17H21N9O. The van der Waals surface area contributed by atoms with Crippen LogP contribution in [0.4, 0.5) is 5.82 Å². The van der Waals surface area contributed by atoms with Gasteiger partial charge in [0.05, 0.1) is 5.39 Å². The van der Waals surface area contributed by atoms with Crippen LogP contribution in [0, 0.1) is 11.8 Å². The Hall–Kier alpha value is -2.88. The highest BCUT2D eigenvalue weighted by atomic mass is 16.1. The molecule has 10 nitrogen and oxygen atoms in total. The van der Waals surface area contributed by atoms with E-state index in [0.29, 0.717) is 23.7 Å². The van der Waals surface area contributed by atoms with Gasteiger partial charge in [0.2, 0.25) is 0 Å². The number of H-pyrrole nitrogens is 2. The number of carbonyl (C=O) groups excluding carboxylic acids is 1. The molecule has 140 valence electrons. The maximum absolute atomic E-state index is 11.6. The molecule has 1 saturated carbocycles. The number of aldehydes is 1. The van der Waals surface area contributed by atoms with Crippen LogP contribution in [0.5, 0.6) is 0 Å². The fourth-order valence-corrected chi connectivity index (χ4v) is 4.77. The van der Waals surface area contributed by atoms with E-state index in [9.17, 15) is 4.79 Å². The molecule has 1 aliphatic heterocycles. The molecule has 1 saturated heterocycles. The van der Waals surface area contributed by atoms with Crippen LogP contribution in [0.15, 0.2) is 18.6 Å². The van der Waals surface area contributed by atoms with Crippen LogP contribution in [0.25, 0.3) is 11.0 Å². The maximum Gasteiger partial charge on any atom is 0.198 e. The van der Waals surface area contributed by atoms with Crippen LogP contribution in [0.2, 0.25) is 0 Å². The Bertz CT molecular complexity index is 925. The van der Waals surface area contributed by atoms with Gasteiger partial charge in [-0.2, -0.15) is 5.21 Å². The number of likely N-dealkylation sites (tertiary alicyclic amines) is 1. The largest absolute Gasteiger partial charge is 0.356 e. The van der Waals surface area contributed by atoms with Crippen LogP contribution in [-0.4, -0.2) is 72.9 Å². The second kappa shape index (κ2) is 6.38. The van der Waals surface area contributed by atoms with E-state index >= 15 is 0 Å². The van der Waals surface area contributed by atoms with Gasteiger partial charge in [0.15, 0.2) is 5.82 Å².